The second-order valence-corrected chi connectivity index (χ2v) is 5.80. The van der Waals surface area contributed by atoms with E-state index in [1.165, 1.54) is 30.5 Å². The smallest absolute Gasteiger partial charge is 0.358 e. The van der Waals surface area contributed by atoms with Crippen LogP contribution in [0.3, 0.4) is 0 Å². The number of rotatable bonds is 4. The van der Waals surface area contributed by atoms with E-state index in [4.69, 9.17) is 0 Å². The minimum atomic E-state index is -3.61. The summed E-state index contributed by atoms with van der Waals surface area (Å²) in [6.45, 7) is 0. The van der Waals surface area contributed by atoms with Gasteiger partial charge in [0, 0.05) is 0 Å². The van der Waals surface area contributed by atoms with Crippen molar-refractivity contribution in [2.45, 2.75) is 10.6 Å². The maximum Gasteiger partial charge on any atom is 0.367 e. The Hall–Kier alpha value is -2.28. The highest BCUT2D eigenvalue weighted by Crippen LogP contribution is 2.21. The van der Waals surface area contributed by atoms with Gasteiger partial charge in [0.25, 0.3) is 0 Å². The van der Waals surface area contributed by atoms with E-state index in [0.717, 1.165) is 0 Å². The minimum absolute atomic E-state index is 0.0800. The van der Waals surface area contributed by atoms with Gasteiger partial charge in [-0.05, 0) is 34.2 Å². The molecule has 1 heterocycles. The highest BCUT2D eigenvalue weighted by Gasteiger charge is 2.22. The van der Waals surface area contributed by atoms with Crippen LogP contribution in [0.4, 0.5) is 5.82 Å². The van der Waals surface area contributed by atoms with Crippen LogP contribution in [0.15, 0.2) is 53.6 Å². The molecule has 0 aliphatic carbocycles. The van der Waals surface area contributed by atoms with E-state index in [2.05, 4.69) is 4.98 Å². The third kappa shape index (κ3) is 2.94. The summed E-state index contributed by atoms with van der Waals surface area (Å²) in [5.74, 6) is -0.872. The largest absolute Gasteiger partial charge is 0.367 e. The van der Waals surface area contributed by atoms with E-state index in [9.17, 15) is 18.5 Å². The summed E-state index contributed by atoms with van der Waals surface area (Å²) in [6.07, 6.45) is 1.26. The quantitative estimate of drug-likeness (QED) is 0.630. The van der Waals surface area contributed by atoms with Crippen LogP contribution in [0.2, 0.25) is 0 Å². The van der Waals surface area contributed by atoms with Gasteiger partial charge in [0.2, 0.25) is 0 Å². The van der Waals surface area contributed by atoms with Crippen molar-refractivity contribution < 1.29 is 13.3 Å². The van der Waals surface area contributed by atoms with Crippen molar-refractivity contribution in [3.8, 4) is 0 Å². The number of nitrogens with zero attached hydrogens (tertiary/aromatic N) is 2. The summed E-state index contributed by atoms with van der Waals surface area (Å²) < 4.78 is 24.3. The van der Waals surface area contributed by atoms with E-state index in [1.54, 1.807) is 18.2 Å². The fourth-order valence-electron chi connectivity index (χ4n) is 1.62. The molecule has 0 spiro atoms. The zero-order valence-electron chi connectivity index (χ0n) is 9.76. The van der Waals surface area contributed by atoms with Crippen LogP contribution in [0.5, 0.6) is 0 Å². The van der Waals surface area contributed by atoms with Crippen molar-refractivity contribution in [3.05, 3.63) is 64.3 Å². The molecule has 19 heavy (non-hydrogen) atoms. The van der Waals surface area contributed by atoms with Crippen LogP contribution < -0.4 is 0 Å². The molecular formula is C12H10N2O4S. The minimum Gasteiger partial charge on any atom is -0.358 e. The molecule has 0 saturated carbocycles. The predicted molar refractivity (Wildman–Crippen MR) is 68.2 cm³/mol. The van der Waals surface area contributed by atoms with Crippen molar-refractivity contribution in [1.29, 1.82) is 0 Å². The monoisotopic (exact) mass is 278 g/mol. The number of hydrogen-bond acceptors (Lipinski definition) is 5. The molecule has 0 aliphatic rings. The Kier molecular flexibility index (Phi) is 3.57. The van der Waals surface area contributed by atoms with Crippen molar-refractivity contribution in [2.75, 3.05) is 0 Å². The second-order valence-electron chi connectivity index (χ2n) is 3.82. The molecule has 0 unspecified atom stereocenters. The molecule has 0 radical (unpaired) electrons. The molecule has 7 heteroatoms. The molecule has 1 aromatic carbocycles. The van der Waals surface area contributed by atoms with Crippen molar-refractivity contribution in [2.24, 2.45) is 0 Å². The molecule has 0 atom stereocenters. The summed E-state index contributed by atoms with van der Waals surface area (Å²) in [5.41, 5.74) is 0.0800. The first-order valence-electron chi connectivity index (χ1n) is 5.37. The van der Waals surface area contributed by atoms with Gasteiger partial charge in [-0.1, -0.05) is 18.2 Å². The molecule has 0 bridgehead atoms. The van der Waals surface area contributed by atoms with Crippen LogP contribution >= 0.6 is 0 Å². The van der Waals surface area contributed by atoms with Crippen LogP contribution in [-0.2, 0) is 15.6 Å². The Bertz CT molecular complexity index is 699. The van der Waals surface area contributed by atoms with Gasteiger partial charge in [-0.3, -0.25) is 0 Å². The fraction of sp³-hybridized carbons (Fsp3) is 0.0833. The van der Waals surface area contributed by atoms with E-state index >= 15 is 0 Å². The fourth-order valence-corrected chi connectivity index (χ4v) is 3.00. The Morgan fingerprint density at radius 1 is 1.11 bits per heavy atom. The van der Waals surface area contributed by atoms with Gasteiger partial charge in [-0.2, -0.15) is 0 Å². The molecule has 0 saturated heterocycles. The van der Waals surface area contributed by atoms with E-state index in [0.29, 0.717) is 0 Å². The summed E-state index contributed by atoms with van der Waals surface area (Å²) in [4.78, 5) is 13.8. The molecule has 0 amide bonds. The van der Waals surface area contributed by atoms with E-state index < -0.39 is 26.3 Å². The molecule has 0 N–H and O–H groups in total. The molecular weight excluding hydrogens is 268 g/mol. The average molecular weight is 278 g/mol. The topological polar surface area (TPSA) is 90.2 Å². The molecule has 2 rings (SSSR count). The Morgan fingerprint density at radius 2 is 1.79 bits per heavy atom. The van der Waals surface area contributed by atoms with Gasteiger partial charge in [0.05, 0.1) is 16.2 Å². The number of aromatic nitrogens is 1. The normalized spacial score (nSPS) is 11.2. The molecule has 0 fully saturated rings. The van der Waals surface area contributed by atoms with E-state index in [1.807, 2.05) is 0 Å². The maximum atomic E-state index is 12.1. The first-order valence-corrected chi connectivity index (χ1v) is 7.02. The van der Waals surface area contributed by atoms with Gasteiger partial charge in [0.1, 0.15) is 6.20 Å². The van der Waals surface area contributed by atoms with Crippen molar-refractivity contribution in [3.63, 3.8) is 0 Å². The summed E-state index contributed by atoms with van der Waals surface area (Å²) in [6, 6.07) is 10.7. The average Bonchev–Trinajstić information content (AvgIpc) is 2.39. The molecule has 2 aromatic rings. The van der Waals surface area contributed by atoms with Crippen LogP contribution in [-0.4, -0.2) is 18.3 Å². The third-order valence-corrected chi connectivity index (χ3v) is 4.17. The first-order chi connectivity index (χ1) is 9.00. The lowest BCUT2D eigenvalue weighted by molar-refractivity contribution is -0.390. The molecule has 1 aromatic heterocycles. The standard InChI is InChI=1S/C12H10N2O4S/c15-14(16)12-10(5-4-8-13-12)9-19(17,18)11-6-2-1-3-7-11/h1-8H,9H2. The SMILES string of the molecule is O=[N+]([O-])c1ncccc1CS(=O)(=O)c1ccccc1. The predicted octanol–water partition coefficient (Wildman–Crippen LogP) is 1.96. The number of hydrogen-bond donors (Lipinski definition) is 0. The van der Waals surface area contributed by atoms with E-state index in [-0.39, 0.29) is 10.5 Å². The highest BCUT2D eigenvalue weighted by molar-refractivity contribution is 7.90. The Morgan fingerprint density at radius 3 is 2.42 bits per heavy atom. The maximum absolute atomic E-state index is 12.1. The lowest BCUT2D eigenvalue weighted by atomic mass is 10.3. The summed E-state index contributed by atoms with van der Waals surface area (Å²) >= 11 is 0. The number of pyridine rings is 1. The zero-order chi connectivity index (χ0) is 13.9. The molecule has 0 aliphatic heterocycles. The van der Waals surface area contributed by atoms with Gasteiger partial charge in [-0.15, -0.1) is 0 Å². The van der Waals surface area contributed by atoms with Crippen molar-refractivity contribution >= 4 is 15.7 Å². The van der Waals surface area contributed by atoms with Crippen LogP contribution in [0.25, 0.3) is 0 Å². The number of nitro groups is 1. The van der Waals surface area contributed by atoms with Crippen molar-refractivity contribution in [1.82, 2.24) is 4.98 Å². The lowest BCUT2D eigenvalue weighted by Crippen LogP contribution is -2.07. The van der Waals surface area contributed by atoms with Crippen LogP contribution in [0.1, 0.15) is 5.56 Å². The summed E-state index contributed by atoms with van der Waals surface area (Å²) in [5, 5.41) is 10.8. The zero-order valence-corrected chi connectivity index (χ0v) is 10.6. The van der Waals surface area contributed by atoms with Gasteiger partial charge < -0.3 is 10.1 Å². The highest BCUT2D eigenvalue weighted by atomic mass is 32.2. The lowest BCUT2D eigenvalue weighted by Gasteiger charge is -2.04. The third-order valence-electron chi connectivity index (χ3n) is 2.49. The summed E-state index contributed by atoms with van der Waals surface area (Å²) in [7, 11) is -3.61. The Labute approximate surface area is 109 Å². The number of sulfone groups is 1. The van der Waals surface area contributed by atoms with Crippen LogP contribution in [0, 0.1) is 10.1 Å². The first kappa shape index (κ1) is 13.2. The molecule has 98 valence electrons. The Balaban J connectivity index is 2.39. The van der Waals surface area contributed by atoms with Gasteiger partial charge in [0.15, 0.2) is 9.84 Å². The second kappa shape index (κ2) is 5.15. The van der Waals surface area contributed by atoms with Gasteiger partial charge >= 0.3 is 5.82 Å². The molecule has 6 nitrogen and oxygen atoms in total. The van der Waals surface area contributed by atoms with Gasteiger partial charge in [-0.25, -0.2) is 8.42 Å². The number of benzene rings is 1.